The third-order valence-electron chi connectivity index (χ3n) is 4.39. The highest BCUT2D eigenvalue weighted by Crippen LogP contribution is 2.35. The van der Waals surface area contributed by atoms with Gasteiger partial charge in [-0.2, -0.15) is 13.2 Å². The average molecular weight is 490 g/mol. The molecule has 1 aromatic carbocycles. The van der Waals surface area contributed by atoms with Crippen molar-refractivity contribution in [3.63, 3.8) is 0 Å². The average Bonchev–Trinajstić information content (AvgIpc) is 3.43. The summed E-state index contributed by atoms with van der Waals surface area (Å²) in [6, 6.07) is 4.17. The Kier molecular flexibility index (Phi) is 8.25. The molecule has 6 nitrogen and oxygen atoms in total. The molecule has 0 spiro atoms. The van der Waals surface area contributed by atoms with E-state index in [0.717, 1.165) is 4.88 Å². The minimum atomic E-state index is -4.30. The summed E-state index contributed by atoms with van der Waals surface area (Å²) in [7, 11) is 0. The van der Waals surface area contributed by atoms with Gasteiger partial charge in [0.05, 0.1) is 22.9 Å². The maximum atomic E-state index is 12.1. The predicted molar refractivity (Wildman–Crippen MR) is 118 cm³/mol. The lowest BCUT2D eigenvalue weighted by atomic mass is 10.3. The van der Waals surface area contributed by atoms with Crippen molar-refractivity contribution < 1.29 is 27.4 Å². The van der Waals surface area contributed by atoms with Crippen LogP contribution in [0.5, 0.6) is 16.7 Å². The number of urea groups is 1. The van der Waals surface area contributed by atoms with Crippen molar-refractivity contribution >= 4 is 35.0 Å². The third-order valence-corrected chi connectivity index (χ3v) is 5.52. The first-order chi connectivity index (χ1) is 15.2. The number of rotatable bonds is 10. The number of halogens is 4. The lowest BCUT2D eigenvalue weighted by molar-refractivity contribution is -0.132. The highest BCUT2D eigenvalue weighted by atomic mass is 35.5. The van der Waals surface area contributed by atoms with E-state index in [2.05, 4.69) is 15.6 Å². The van der Waals surface area contributed by atoms with Gasteiger partial charge in [-0.25, -0.2) is 9.78 Å². The summed E-state index contributed by atoms with van der Waals surface area (Å²) in [5.41, 5.74) is 0. The molecular weight excluding hydrogens is 467 g/mol. The molecule has 2 amide bonds. The van der Waals surface area contributed by atoms with E-state index < -0.39 is 31.2 Å². The Morgan fingerprint density at radius 2 is 2.19 bits per heavy atom. The van der Waals surface area contributed by atoms with Crippen molar-refractivity contribution in [2.75, 3.05) is 13.2 Å². The van der Waals surface area contributed by atoms with Crippen LogP contribution in [0.2, 0.25) is 5.02 Å². The van der Waals surface area contributed by atoms with Crippen LogP contribution in [0.1, 0.15) is 31.1 Å². The number of nitrogens with zero attached hydrogens (tertiary/aromatic N) is 1. The van der Waals surface area contributed by atoms with Crippen LogP contribution in [0.15, 0.2) is 30.5 Å². The summed E-state index contributed by atoms with van der Waals surface area (Å²) in [6.07, 6.45) is 2.07. The van der Waals surface area contributed by atoms with Crippen LogP contribution in [0, 0.1) is 5.92 Å². The minimum absolute atomic E-state index is 0.392. The number of hydrogen-bond acceptors (Lipinski definition) is 5. The molecule has 0 saturated heterocycles. The molecule has 1 aromatic heterocycles. The van der Waals surface area contributed by atoms with Crippen molar-refractivity contribution in [2.24, 2.45) is 5.92 Å². The summed E-state index contributed by atoms with van der Waals surface area (Å²) in [6.45, 7) is 1.92. The zero-order valence-corrected chi connectivity index (χ0v) is 18.8. The van der Waals surface area contributed by atoms with E-state index in [1.165, 1.54) is 24.2 Å². The summed E-state index contributed by atoms with van der Waals surface area (Å²) >= 11 is 7.56. The molecule has 174 valence electrons. The fourth-order valence-electron chi connectivity index (χ4n) is 2.50. The lowest BCUT2D eigenvalue weighted by Crippen LogP contribution is -2.41. The Labute approximate surface area is 192 Å². The molecule has 32 heavy (non-hydrogen) atoms. The molecular formula is C21H23ClF3N3O3S. The Morgan fingerprint density at radius 3 is 2.88 bits per heavy atom. The number of nitrogens with one attached hydrogen (secondary N) is 2. The first kappa shape index (κ1) is 24.2. The van der Waals surface area contributed by atoms with Crippen LogP contribution >= 0.6 is 22.9 Å². The van der Waals surface area contributed by atoms with Gasteiger partial charge in [-0.05, 0) is 43.9 Å². The van der Waals surface area contributed by atoms with Gasteiger partial charge in [0.1, 0.15) is 11.5 Å². The fraction of sp³-hybridized carbons (Fsp3) is 0.429. The van der Waals surface area contributed by atoms with E-state index in [1.807, 2.05) is 0 Å². The number of carbonyl (C=O) groups excluding carboxylic acids is 1. The first-order valence-corrected chi connectivity index (χ1v) is 11.2. The largest absolute Gasteiger partial charge is 0.493 e. The van der Waals surface area contributed by atoms with E-state index in [4.69, 9.17) is 21.1 Å². The smallest absolute Gasteiger partial charge is 0.390 e. The maximum Gasteiger partial charge on any atom is 0.390 e. The van der Waals surface area contributed by atoms with Gasteiger partial charge in [-0.1, -0.05) is 29.0 Å². The van der Waals surface area contributed by atoms with Crippen LogP contribution < -0.4 is 20.1 Å². The van der Waals surface area contributed by atoms with Crippen molar-refractivity contribution in [3.05, 3.63) is 40.4 Å². The number of aromatic nitrogens is 1. The highest BCUT2D eigenvalue weighted by Gasteiger charge is 2.26. The van der Waals surface area contributed by atoms with Gasteiger partial charge in [0.25, 0.3) is 5.19 Å². The fourth-order valence-corrected chi connectivity index (χ4v) is 3.40. The molecule has 1 aliphatic carbocycles. The van der Waals surface area contributed by atoms with E-state index in [9.17, 15) is 18.0 Å². The van der Waals surface area contributed by atoms with Crippen LogP contribution in [-0.2, 0) is 0 Å². The number of benzene rings is 1. The molecule has 1 aliphatic rings. The Balaban J connectivity index is 1.45. The second-order valence-electron chi connectivity index (χ2n) is 7.39. The van der Waals surface area contributed by atoms with Gasteiger partial charge in [0, 0.05) is 24.8 Å². The van der Waals surface area contributed by atoms with Crippen molar-refractivity contribution in [1.29, 1.82) is 0 Å². The van der Waals surface area contributed by atoms with Gasteiger partial charge < -0.3 is 20.1 Å². The number of hydrogen-bond donors (Lipinski definition) is 2. The second-order valence-corrected chi connectivity index (χ2v) is 8.82. The van der Waals surface area contributed by atoms with Crippen molar-refractivity contribution in [3.8, 4) is 16.7 Å². The summed E-state index contributed by atoms with van der Waals surface area (Å²) in [5.74, 6) is 1.80. The van der Waals surface area contributed by atoms with Gasteiger partial charge >= 0.3 is 12.2 Å². The number of alkyl halides is 3. The number of ether oxygens (including phenoxy) is 2. The van der Waals surface area contributed by atoms with E-state index in [-0.39, 0.29) is 0 Å². The lowest BCUT2D eigenvalue weighted by Gasteiger charge is -2.12. The Hall–Kier alpha value is -2.46. The molecule has 2 N–H and O–H groups in total. The first-order valence-electron chi connectivity index (χ1n) is 10.0. The van der Waals surface area contributed by atoms with Gasteiger partial charge in [0.15, 0.2) is 0 Å². The highest BCUT2D eigenvalue weighted by molar-refractivity contribution is 7.14. The quantitative estimate of drug-likeness (QED) is 0.427. The monoisotopic (exact) mass is 489 g/mol. The van der Waals surface area contributed by atoms with Crippen molar-refractivity contribution in [1.82, 2.24) is 15.6 Å². The van der Waals surface area contributed by atoms with Crippen LogP contribution in [0.25, 0.3) is 6.08 Å². The molecule has 3 rings (SSSR count). The standard InChI is InChI=1S/C21H23ClF3N3O3S/c1-13(28-19(29)26-9-8-21(23,24)25)2-6-16-11-27-20(32-16)31-18-7-5-15(10-17(18)22)30-12-14-3-4-14/h2,5-7,10-11,13-14H,3-4,8-9,12H2,1H3,(H2,26,28,29)/b6-2+/t13-/m0/s1. The molecule has 0 aliphatic heterocycles. The topological polar surface area (TPSA) is 72.5 Å². The zero-order chi connectivity index (χ0) is 23.1. The molecule has 1 atom stereocenters. The summed E-state index contributed by atoms with van der Waals surface area (Å²) < 4.78 is 47.7. The molecule has 2 aromatic rings. The van der Waals surface area contributed by atoms with E-state index in [1.54, 1.807) is 43.5 Å². The summed E-state index contributed by atoms with van der Waals surface area (Å²) in [4.78, 5) is 16.6. The minimum Gasteiger partial charge on any atom is -0.493 e. The maximum absolute atomic E-state index is 12.1. The molecule has 0 radical (unpaired) electrons. The number of thiazole rings is 1. The van der Waals surface area contributed by atoms with Gasteiger partial charge in [-0.3, -0.25) is 0 Å². The van der Waals surface area contributed by atoms with Gasteiger partial charge in [-0.15, -0.1) is 0 Å². The third kappa shape index (κ3) is 8.58. The van der Waals surface area contributed by atoms with Crippen LogP contribution in [0.4, 0.5) is 18.0 Å². The molecule has 1 heterocycles. The number of amides is 2. The predicted octanol–water partition coefficient (Wildman–Crippen LogP) is 6.03. The van der Waals surface area contributed by atoms with Gasteiger partial charge in [0.2, 0.25) is 0 Å². The van der Waals surface area contributed by atoms with E-state index >= 15 is 0 Å². The SMILES string of the molecule is C[C@@H](/C=C/c1cnc(Oc2ccc(OCC3CC3)cc2Cl)s1)NC(=O)NCCC(F)(F)F. The van der Waals surface area contributed by atoms with Crippen LogP contribution in [-0.4, -0.2) is 36.4 Å². The van der Waals surface area contributed by atoms with Crippen LogP contribution in [0.3, 0.4) is 0 Å². The Bertz CT molecular complexity index is 948. The molecule has 0 unspecified atom stereocenters. The molecule has 0 bridgehead atoms. The molecule has 11 heteroatoms. The molecule has 1 saturated carbocycles. The van der Waals surface area contributed by atoms with E-state index in [0.29, 0.717) is 34.2 Å². The van der Waals surface area contributed by atoms with Crippen molar-refractivity contribution in [2.45, 2.75) is 38.4 Å². The zero-order valence-electron chi connectivity index (χ0n) is 17.2. The second kappa shape index (κ2) is 10.9. The molecule has 1 fully saturated rings. The Morgan fingerprint density at radius 1 is 1.41 bits per heavy atom. The summed E-state index contributed by atoms with van der Waals surface area (Å²) in [5, 5.41) is 5.52. The normalized spacial score (nSPS) is 14.9. The number of carbonyl (C=O) groups is 1.